The van der Waals surface area contributed by atoms with Gasteiger partial charge in [-0.1, -0.05) is 36.7 Å². The second-order valence-electron chi connectivity index (χ2n) is 6.46. The number of amidine groups is 1. The molecule has 25 heavy (non-hydrogen) atoms. The van der Waals surface area contributed by atoms with Crippen molar-refractivity contribution in [1.82, 2.24) is 5.43 Å². The van der Waals surface area contributed by atoms with Crippen LogP contribution in [0.5, 0.6) is 0 Å². The van der Waals surface area contributed by atoms with E-state index in [1.54, 1.807) is 24.3 Å². The lowest BCUT2D eigenvalue weighted by molar-refractivity contribution is -0.119. The van der Waals surface area contributed by atoms with Gasteiger partial charge in [-0.15, -0.1) is 0 Å². The number of hydrazine groups is 1. The summed E-state index contributed by atoms with van der Waals surface area (Å²) in [4.78, 5) is 17.1. The van der Waals surface area contributed by atoms with Crippen LogP contribution in [0.15, 0.2) is 58.0 Å². The zero-order chi connectivity index (χ0) is 18.4. The number of halogens is 1. The summed E-state index contributed by atoms with van der Waals surface area (Å²) >= 11 is 3.38. The molecule has 2 aromatic carbocycles. The minimum Gasteiger partial charge on any atom is -0.300 e. The van der Waals surface area contributed by atoms with Crippen molar-refractivity contribution in [2.45, 2.75) is 20.8 Å². The molecule has 0 saturated carbocycles. The van der Waals surface area contributed by atoms with Gasteiger partial charge in [0.05, 0.1) is 23.0 Å². The van der Waals surface area contributed by atoms with Gasteiger partial charge in [-0.2, -0.15) is 5.26 Å². The fraction of sp³-hybridized carbons (Fsp3) is 0.211. The molecule has 0 amide bonds. The second kappa shape index (κ2) is 7.95. The Hall–Kier alpha value is -2.65. The minimum atomic E-state index is -0.584. The third-order valence-electron chi connectivity index (χ3n) is 3.30. The van der Waals surface area contributed by atoms with E-state index in [4.69, 9.17) is 5.26 Å². The molecule has 6 heteroatoms. The van der Waals surface area contributed by atoms with E-state index in [0.29, 0.717) is 11.3 Å². The highest BCUT2D eigenvalue weighted by atomic mass is 79.9. The van der Waals surface area contributed by atoms with Crippen molar-refractivity contribution in [3.8, 4) is 6.07 Å². The van der Waals surface area contributed by atoms with Gasteiger partial charge in [0.2, 0.25) is 5.78 Å². The van der Waals surface area contributed by atoms with Gasteiger partial charge in [0.1, 0.15) is 0 Å². The molecule has 2 N–H and O–H groups in total. The molecule has 0 bridgehead atoms. The van der Waals surface area contributed by atoms with Crippen LogP contribution < -0.4 is 10.9 Å². The normalized spacial score (nSPS) is 11.6. The number of hydrogen-bond donors (Lipinski definition) is 2. The fourth-order valence-corrected chi connectivity index (χ4v) is 2.16. The van der Waals surface area contributed by atoms with E-state index in [2.05, 4.69) is 37.8 Å². The van der Waals surface area contributed by atoms with Crippen molar-refractivity contribution < 1.29 is 4.79 Å². The monoisotopic (exact) mass is 398 g/mol. The van der Waals surface area contributed by atoms with Crippen molar-refractivity contribution in [3.05, 3.63) is 58.6 Å². The first-order valence-corrected chi connectivity index (χ1v) is 8.50. The third kappa shape index (κ3) is 5.44. The van der Waals surface area contributed by atoms with Crippen molar-refractivity contribution in [2.75, 3.05) is 5.43 Å². The Labute approximate surface area is 155 Å². The van der Waals surface area contributed by atoms with Crippen molar-refractivity contribution in [1.29, 1.82) is 5.26 Å². The summed E-state index contributed by atoms with van der Waals surface area (Å²) in [6, 6.07) is 16.3. The predicted octanol–water partition coefficient (Wildman–Crippen LogP) is 4.58. The molecule has 0 aliphatic carbocycles. The topological polar surface area (TPSA) is 77.3 Å². The van der Waals surface area contributed by atoms with E-state index in [0.717, 1.165) is 10.2 Å². The summed E-state index contributed by atoms with van der Waals surface area (Å²) in [5.41, 5.74) is 7.26. The minimum absolute atomic E-state index is 0.124. The molecule has 2 rings (SSSR count). The molecule has 0 saturated heterocycles. The van der Waals surface area contributed by atoms with Gasteiger partial charge in [-0.25, -0.2) is 4.99 Å². The average Bonchev–Trinajstić information content (AvgIpc) is 2.59. The van der Waals surface area contributed by atoms with Crippen LogP contribution in [0.25, 0.3) is 0 Å². The predicted molar refractivity (Wildman–Crippen MR) is 104 cm³/mol. The van der Waals surface area contributed by atoms with Gasteiger partial charge < -0.3 is 0 Å². The maximum absolute atomic E-state index is 12.7. The summed E-state index contributed by atoms with van der Waals surface area (Å²) < 4.78 is 0.968. The lowest BCUT2D eigenvalue weighted by Crippen LogP contribution is -2.41. The first-order chi connectivity index (χ1) is 11.8. The molecule has 0 atom stereocenters. The first-order valence-electron chi connectivity index (χ1n) is 7.71. The molecule has 0 aliphatic heterocycles. The zero-order valence-electron chi connectivity index (χ0n) is 14.3. The van der Waals surface area contributed by atoms with Gasteiger partial charge in [0.15, 0.2) is 5.84 Å². The molecule has 0 aromatic heterocycles. The number of nitriles is 1. The highest BCUT2D eigenvalue weighted by Gasteiger charge is 2.26. The molecular weight excluding hydrogens is 380 g/mol. The maximum Gasteiger partial charge on any atom is 0.204 e. The van der Waals surface area contributed by atoms with E-state index in [9.17, 15) is 4.79 Å². The van der Waals surface area contributed by atoms with Crippen molar-refractivity contribution >= 4 is 38.9 Å². The number of carbonyl (C=O) groups excluding carboxylic acids is 1. The Morgan fingerprint density at radius 3 is 2.20 bits per heavy atom. The van der Waals surface area contributed by atoms with Crippen LogP contribution in [0.1, 0.15) is 26.3 Å². The summed E-state index contributed by atoms with van der Waals surface area (Å²) in [6.07, 6.45) is 0. The number of ketones is 1. The van der Waals surface area contributed by atoms with Crippen LogP contribution in [0.3, 0.4) is 0 Å². The maximum atomic E-state index is 12.7. The Morgan fingerprint density at radius 2 is 1.68 bits per heavy atom. The van der Waals surface area contributed by atoms with Crippen LogP contribution >= 0.6 is 15.9 Å². The number of anilines is 1. The summed E-state index contributed by atoms with van der Waals surface area (Å²) in [6.45, 7) is 5.51. The van der Waals surface area contributed by atoms with Gasteiger partial charge >= 0.3 is 0 Å². The number of aliphatic imine (C=N–C) groups is 1. The zero-order valence-corrected chi connectivity index (χ0v) is 15.9. The van der Waals surface area contributed by atoms with Crippen molar-refractivity contribution in [3.63, 3.8) is 0 Å². The quantitative estimate of drug-likeness (QED) is 0.448. The number of carbonyl (C=O) groups is 1. The Bertz CT molecular complexity index is 812. The summed E-state index contributed by atoms with van der Waals surface area (Å²) in [5, 5.41) is 8.87. The smallest absolute Gasteiger partial charge is 0.204 e. The Morgan fingerprint density at radius 1 is 1.08 bits per heavy atom. The van der Waals surface area contributed by atoms with Gasteiger partial charge in [0, 0.05) is 9.89 Å². The lowest BCUT2D eigenvalue weighted by Gasteiger charge is -2.19. The van der Waals surface area contributed by atoms with E-state index in [1.165, 1.54) is 0 Å². The number of nitrogens with one attached hydrogen (secondary N) is 2. The largest absolute Gasteiger partial charge is 0.300 e. The number of rotatable bonds is 4. The molecule has 0 heterocycles. The van der Waals surface area contributed by atoms with Gasteiger partial charge in [-0.05, 0) is 48.5 Å². The van der Waals surface area contributed by atoms with Crippen molar-refractivity contribution in [2.24, 2.45) is 10.4 Å². The van der Waals surface area contributed by atoms with E-state index < -0.39 is 5.41 Å². The number of nitrogens with zero attached hydrogens (tertiary/aromatic N) is 2. The lowest BCUT2D eigenvalue weighted by atomic mass is 9.90. The van der Waals surface area contributed by atoms with Crippen LogP contribution in [0, 0.1) is 16.7 Å². The van der Waals surface area contributed by atoms with Crippen LogP contribution in [0.2, 0.25) is 0 Å². The summed E-state index contributed by atoms with van der Waals surface area (Å²) in [5.74, 6) is 0.0848. The highest BCUT2D eigenvalue weighted by molar-refractivity contribution is 9.10. The van der Waals surface area contributed by atoms with E-state index in [1.807, 2.05) is 45.0 Å². The summed E-state index contributed by atoms with van der Waals surface area (Å²) in [7, 11) is 0. The number of hydrogen-bond acceptors (Lipinski definition) is 4. The molecule has 2 aromatic rings. The molecule has 0 spiro atoms. The molecule has 0 fully saturated rings. The molecule has 128 valence electrons. The Kier molecular flexibility index (Phi) is 5.94. The van der Waals surface area contributed by atoms with E-state index in [-0.39, 0.29) is 11.6 Å². The third-order valence-corrected chi connectivity index (χ3v) is 3.83. The SMILES string of the molecule is CC(C)(C)C(=O)C(=Nc1ccc(C#N)cc1)NNc1ccc(Br)cc1. The van der Waals surface area contributed by atoms with Crippen LogP contribution in [-0.4, -0.2) is 11.6 Å². The van der Waals surface area contributed by atoms with Gasteiger partial charge in [-0.3, -0.25) is 15.6 Å². The van der Waals surface area contributed by atoms with Gasteiger partial charge in [0.25, 0.3) is 0 Å². The number of benzene rings is 2. The van der Waals surface area contributed by atoms with Crippen LogP contribution in [-0.2, 0) is 4.79 Å². The highest BCUT2D eigenvalue weighted by Crippen LogP contribution is 2.19. The molecule has 0 unspecified atom stereocenters. The standard InChI is InChI=1S/C19H19BrN4O/c1-19(2,3)17(25)18(22-15-8-4-13(12-21)5-9-15)24-23-16-10-6-14(20)7-11-16/h4-11,23H,1-3H3,(H,22,24). The first kappa shape index (κ1) is 18.7. The Balaban J connectivity index is 2.25. The number of Topliss-reactive ketones (excluding diaryl/α,β-unsaturated/α-hetero) is 1. The molecule has 5 nitrogen and oxygen atoms in total. The van der Waals surface area contributed by atoms with E-state index >= 15 is 0 Å². The molecule has 0 aliphatic rings. The fourth-order valence-electron chi connectivity index (χ4n) is 1.89. The average molecular weight is 399 g/mol. The molecule has 0 radical (unpaired) electrons. The van der Waals surface area contributed by atoms with Crippen LogP contribution in [0.4, 0.5) is 11.4 Å². The second-order valence-corrected chi connectivity index (χ2v) is 7.37. The molecular formula is C19H19BrN4O.